The molecule has 0 saturated carbocycles. The van der Waals surface area contributed by atoms with Gasteiger partial charge in [0.2, 0.25) is 20.0 Å². The number of carboxylic acid groups (broad SMARTS) is 1. The van der Waals surface area contributed by atoms with E-state index in [1.165, 1.54) is 65.0 Å². The maximum absolute atomic E-state index is 13.5. The van der Waals surface area contributed by atoms with E-state index < -0.39 is 38.1 Å². The number of carbonyl (C=O) groups is 1. The Balaban J connectivity index is 1.59. The Labute approximate surface area is 225 Å². The summed E-state index contributed by atoms with van der Waals surface area (Å²) in [6.45, 7) is 0.0222. The predicted molar refractivity (Wildman–Crippen MR) is 141 cm³/mol. The van der Waals surface area contributed by atoms with E-state index in [4.69, 9.17) is 23.2 Å². The van der Waals surface area contributed by atoms with Crippen LogP contribution in [0.5, 0.6) is 0 Å². The molecule has 37 heavy (non-hydrogen) atoms. The predicted octanol–water partition coefficient (Wildman–Crippen LogP) is 3.91. The highest BCUT2D eigenvalue weighted by atomic mass is 35.5. The summed E-state index contributed by atoms with van der Waals surface area (Å²) in [6.07, 6.45) is 0.186. The van der Waals surface area contributed by atoms with Gasteiger partial charge in [-0.2, -0.15) is 4.31 Å². The number of benzene rings is 3. The molecule has 1 saturated heterocycles. The van der Waals surface area contributed by atoms with Gasteiger partial charge in [0.15, 0.2) is 0 Å². The zero-order valence-corrected chi connectivity index (χ0v) is 22.4. The van der Waals surface area contributed by atoms with Gasteiger partial charge in [-0.05, 0) is 73.2 Å². The summed E-state index contributed by atoms with van der Waals surface area (Å²) < 4.78 is 56.8. The molecule has 196 valence electrons. The molecule has 3 N–H and O–H groups in total. The van der Waals surface area contributed by atoms with E-state index in [2.05, 4.69) is 10.0 Å². The van der Waals surface area contributed by atoms with Crippen LogP contribution in [-0.4, -0.2) is 57.4 Å². The average Bonchev–Trinajstić information content (AvgIpc) is 3.26. The number of anilines is 1. The summed E-state index contributed by atoms with van der Waals surface area (Å²) in [7, 11) is -7.94. The summed E-state index contributed by atoms with van der Waals surface area (Å²) in [4.78, 5) is 11.3. The van der Waals surface area contributed by atoms with Gasteiger partial charge in [-0.3, -0.25) is 0 Å². The molecule has 0 bridgehead atoms. The van der Waals surface area contributed by atoms with E-state index in [1.54, 1.807) is 12.1 Å². The zero-order chi connectivity index (χ0) is 26.8. The van der Waals surface area contributed by atoms with Crippen molar-refractivity contribution < 1.29 is 26.7 Å². The molecule has 1 aliphatic heterocycles. The summed E-state index contributed by atoms with van der Waals surface area (Å²) >= 11 is 11.8. The van der Waals surface area contributed by atoms with E-state index in [9.17, 15) is 26.7 Å². The van der Waals surface area contributed by atoms with Gasteiger partial charge < -0.3 is 10.4 Å². The van der Waals surface area contributed by atoms with Crippen molar-refractivity contribution in [2.24, 2.45) is 0 Å². The van der Waals surface area contributed by atoms with Crippen LogP contribution in [0.1, 0.15) is 16.8 Å². The summed E-state index contributed by atoms with van der Waals surface area (Å²) in [6, 6.07) is 16.2. The molecule has 1 aliphatic rings. The third-order valence-corrected chi connectivity index (χ3v) is 9.85. The Morgan fingerprint density at radius 3 is 2.11 bits per heavy atom. The molecule has 1 heterocycles. The Kier molecular flexibility index (Phi) is 8.12. The lowest BCUT2D eigenvalue weighted by Crippen LogP contribution is -2.41. The van der Waals surface area contributed by atoms with Crippen molar-refractivity contribution in [2.45, 2.75) is 28.3 Å². The van der Waals surface area contributed by atoms with Gasteiger partial charge in [0.1, 0.15) is 0 Å². The van der Waals surface area contributed by atoms with E-state index in [0.717, 1.165) is 0 Å². The van der Waals surface area contributed by atoms with Crippen molar-refractivity contribution in [1.29, 1.82) is 0 Å². The van der Waals surface area contributed by atoms with Gasteiger partial charge in [-0.1, -0.05) is 29.3 Å². The number of aromatic carboxylic acids is 1. The third-order valence-electron chi connectivity index (χ3n) is 5.88. The van der Waals surface area contributed by atoms with Crippen molar-refractivity contribution in [3.63, 3.8) is 0 Å². The molecule has 2 unspecified atom stereocenters. The van der Waals surface area contributed by atoms with Gasteiger partial charge in [0.25, 0.3) is 0 Å². The first-order valence-corrected chi connectivity index (χ1v) is 14.8. The van der Waals surface area contributed by atoms with Crippen molar-refractivity contribution in [3.05, 3.63) is 88.4 Å². The van der Waals surface area contributed by atoms with Crippen molar-refractivity contribution in [3.8, 4) is 0 Å². The number of halogens is 2. The number of rotatable bonds is 9. The first-order valence-electron chi connectivity index (χ1n) is 11.1. The van der Waals surface area contributed by atoms with Crippen LogP contribution in [0.25, 0.3) is 0 Å². The number of nitrogens with one attached hydrogen (secondary N) is 2. The van der Waals surface area contributed by atoms with Gasteiger partial charge >= 0.3 is 5.97 Å². The smallest absolute Gasteiger partial charge is 0.335 e. The fourth-order valence-corrected chi connectivity index (χ4v) is 7.26. The Bertz CT molecular complexity index is 1500. The quantitative estimate of drug-likeness (QED) is 0.347. The van der Waals surface area contributed by atoms with E-state index >= 15 is 0 Å². The van der Waals surface area contributed by atoms with E-state index in [1.807, 2.05) is 0 Å². The highest BCUT2D eigenvalue weighted by molar-refractivity contribution is 7.89. The minimum atomic E-state index is -4.00. The van der Waals surface area contributed by atoms with Crippen LogP contribution in [0, 0.1) is 0 Å². The monoisotopic (exact) mass is 583 g/mol. The lowest BCUT2D eigenvalue weighted by molar-refractivity contribution is 0.0697. The molecule has 2 atom stereocenters. The SMILES string of the molecule is O=C(O)c1cccc(NCC2CC(NS(=O)(=O)c3ccc(Cl)cc3)CN2S(=O)(=O)c2ccc(Cl)cc2)c1. The van der Waals surface area contributed by atoms with E-state index in [0.29, 0.717) is 15.7 Å². The number of sulfonamides is 2. The Morgan fingerprint density at radius 2 is 1.51 bits per heavy atom. The van der Waals surface area contributed by atoms with Crippen LogP contribution in [0.3, 0.4) is 0 Å². The second-order valence-corrected chi connectivity index (χ2v) is 12.9. The second kappa shape index (κ2) is 11.0. The normalized spacial score (nSPS) is 18.5. The lowest BCUT2D eigenvalue weighted by atomic mass is 10.1. The number of hydrogen-bond acceptors (Lipinski definition) is 6. The van der Waals surface area contributed by atoms with Crippen LogP contribution >= 0.6 is 23.2 Å². The molecule has 13 heteroatoms. The molecule has 3 aromatic rings. The molecule has 1 fully saturated rings. The molecule has 0 amide bonds. The minimum absolute atomic E-state index is 0.0102. The van der Waals surface area contributed by atoms with Gasteiger partial charge in [0, 0.05) is 40.9 Å². The zero-order valence-electron chi connectivity index (χ0n) is 19.2. The number of hydrogen-bond donors (Lipinski definition) is 3. The highest BCUT2D eigenvalue weighted by Gasteiger charge is 2.41. The molecule has 4 rings (SSSR count). The Hall–Kier alpha value is -2.67. The van der Waals surface area contributed by atoms with Crippen LogP contribution in [0.15, 0.2) is 82.6 Å². The standard InChI is InChI=1S/C24H23Cl2N3O6S2/c25-17-4-8-22(9-5-17)36(32,33)28-20-13-21(14-27-19-3-1-2-16(12-19)24(30)31)29(15-20)37(34,35)23-10-6-18(26)7-11-23/h1-12,20-21,27-28H,13-15H2,(H,30,31). The Morgan fingerprint density at radius 1 is 0.919 bits per heavy atom. The van der Waals surface area contributed by atoms with Gasteiger partial charge in [-0.25, -0.2) is 26.4 Å². The van der Waals surface area contributed by atoms with Crippen molar-refractivity contribution in [2.75, 3.05) is 18.4 Å². The largest absolute Gasteiger partial charge is 0.478 e. The third kappa shape index (κ3) is 6.43. The van der Waals surface area contributed by atoms with E-state index in [-0.39, 0.29) is 34.9 Å². The molecule has 0 aliphatic carbocycles. The fraction of sp³-hybridized carbons (Fsp3) is 0.208. The highest BCUT2D eigenvalue weighted by Crippen LogP contribution is 2.29. The number of carboxylic acids is 1. The van der Waals surface area contributed by atoms with Crippen molar-refractivity contribution in [1.82, 2.24) is 9.03 Å². The van der Waals surface area contributed by atoms with Crippen LogP contribution in [0.4, 0.5) is 5.69 Å². The number of nitrogens with zero attached hydrogens (tertiary/aromatic N) is 1. The molecule has 3 aromatic carbocycles. The van der Waals surface area contributed by atoms with Gasteiger partial charge in [-0.15, -0.1) is 0 Å². The first-order chi connectivity index (χ1) is 17.5. The molecule has 0 aromatic heterocycles. The second-order valence-electron chi connectivity index (χ2n) is 8.46. The van der Waals surface area contributed by atoms with Crippen molar-refractivity contribution >= 4 is 54.9 Å². The minimum Gasteiger partial charge on any atom is -0.478 e. The summed E-state index contributed by atoms with van der Waals surface area (Å²) in [5, 5.41) is 13.1. The molecular weight excluding hydrogens is 561 g/mol. The van der Waals surface area contributed by atoms with Crippen LogP contribution in [0.2, 0.25) is 10.0 Å². The molecule has 0 spiro atoms. The average molecular weight is 585 g/mol. The topological polar surface area (TPSA) is 133 Å². The summed E-state index contributed by atoms with van der Waals surface area (Å²) in [5.41, 5.74) is 0.574. The van der Waals surface area contributed by atoms with Crippen LogP contribution < -0.4 is 10.0 Å². The van der Waals surface area contributed by atoms with Gasteiger partial charge in [0.05, 0.1) is 15.4 Å². The maximum atomic E-state index is 13.5. The molecule has 9 nitrogen and oxygen atoms in total. The first kappa shape index (κ1) is 27.4. The molecular formula is C24H23Cl2N3O6S2. The molecule has 0 radical (unpaired) electrons. The summed E-state index contributed by atoms with van der Waals surface area (Å²) in [5.74, 6) is -1.09. The maximum Gasteiger partial charge on any atom is 0.335 e. The van der Waals surface area contributed by atoms with Crippen LogP contribution in [-0.2, 0) is 20.0 Å². The fourth-order valence-electron chi connectivity index (χ4n) is 4.09. The lowest BCUT2D eigenvalue weighted by Gasteiger charge is -2.24.